The molecule has 100 valence electrons. The van der Waals surface area contributed by atoms with Crippen molar-refractivity contribution in [2.45, 2.75) is 38.8 Å². The van der Waals surface area contributed by atoms with E-state index < -0.39 is 6.04 Å². The molecule has 0 amide bonds. The SMILES string of the molecule is CCCCC(N)C(=O)OCc1cccc(OC)c1. The smallest absolute Gasteiger partial charge is 0.323 e. The van der Waals surface area contributed by atoms with Gasteiger partial charge in [0.25, 0.3) is 0 Å². The number of benzene rings is 1. The second-order valence-electron chi connectivity index (χ2n) is 4.21. The predicted molar refractivity (Wildman–Crippen MR) is 70.3 cm³/mol. The van der Waals surface area contributed by atoms with Gasteiger partial charge in [0, 0.05) is 0 Å². The molecule has 0 aliphatic heterocycles. The summed E-state index contributed by atoms with van der Waals surface area (Å²) in [5.74, 6) is 0.408. The Balaban J connectivity index is 2.41. The van der Waals surface area contributed by atoms with E-state index in [-0.39, 0.29) is 12.6 Å². The molecule has 0 aliphatic rings. The number of hydrogen-bond acceptors (Lipinski definition) is 4. The minimum Gasteiger partial charge on any atom is -0.497 e. The van der Waals surface area contributed by atoms with E-state index in [1.165, 1.54) is 0 Å². The summed E-state index contributed by atoms with van der Waals surface area (Å²) in [4.78, 5) is 11.6. The lowest BCUT2D eigenvalue weighted by molar-refractivity contribution is -0.146. The lowest BCUT2D eigenvalue weighted by Crippen LogP contribution is -2.32. The monoisotopic (exact) mass is 251 g/mol. The molecule has 0 saturated carbocycles. The summed E-state index contributed by atoms with van der Waals surface area (Å²) in [5, 5.41) is 0. The highest BCUT2D eigenvalue weighted by molar-refractivity contribution is 5.75. The third-order valence-corrected chi connectivity index (χ3v) is 2.69. The van der Waals surface area contributed by atoms with Gasteiger partial charge < -0.3 is 15.2 Å². The maximum atomic E-state index is 11.6. The van der Waals surface area contributed by atoms with Crippen LogP contribution in [-0.2, 0) is 16.1 Å². The van der Waals surface area contributed by atoms with E-state index in [1.807, 2.05) is 24.3 Å². The minimum absolute atomic E-state index is 0.232. The van der Waals surface area contributed by atoms with Gasteiger partial charge in [-0.3, -0.25) is 4.79 Å². The number of esters is 1. The molecular weight excluding hydrogens is 230 g/mol. The Morgan fingerprint density at radius 3 is 2.89 bits per heavy atom. The van der Waals surface area contributed by atoms with Crippen LogP contribution in [0.2, 0.25) is 0 Å². The minimum atomic E-state index is -0.518. The molecule has 4 heteroatoms. The molecular formula is C14H21NO3. The van der Waals surface area contributed by atoms with Gasteiger partial charge in [0.05, 0.1) is 7.11 Å². The lowest BCUT2D eigenvalue weighted by Gasteiger charge is -2.11. The maximum absolute atomic E-state index is 11.6. The molecule has 0 spiro atoms. The molecule has 0 fully saturated rings. The van der Waals surface area contributed by atoms with Crippen LogP contribution in [0.3, 0.4) is 0 Å². The van der Waals surface area contributed by atoms with Crippen LogP contribution in [0.15, 0.2) is 24.3 Å². The predicted octanol–water partition coefficient (Wildman–Crippen LogP) is 2.26. The summed E-state index contributed by atoms with van der Waals surface area (Å²) in [6.07, 6.45) is 2.64. The molecule has 1 rings (SSSR count). The summed E-state index contributed by atoms with van der Waals surface area (Å²) >= 11 is 0. The molecule has 1 aromatic carbocycles. The first-order chi connectivity index (χ1) is 8.67. The molecule has 4 nitrogen and oxygen atoms in total. The van der Waals surface area contributed by atoms with Gasteiger partial charge in [0.1, 0.15) is 18.4 Å². The van der Waals surface area contributed by atoms with Gasteiger partial charge in [-0.25, -0.2) is 0 Å². The summed E-state index contributed by atoms with van der Waals surface area (Å²) in [5.41, 5.74) is 6.62. The van der Waals surface area contributed by atoms with Gasteiger partial charge in [-0.1, -0.05) is 31.9 Å². The van der Waals surface area contributed by atoms with Gasteiger partial charge in [-0.15, -0.1) is 0 Å². The Kier molecular flexibility index (Phi) is 6.22. The van der Waals surface area contributed by atoms with Crippen molar-refractivity contribution >= 4 is 5.97 Å². The Labute approximate surface area is 108 Å². The normalized spacial score (nSPS) is 11.9. The Morgan fingerprint density at radius 2 is 2.22 bits per heavy atom. The highest BCUT2D eigenvalue weighted by Gasteiger charge is 2.14. The van der Waals surface area contributed by atoms with E-state index in [4.69, 9.17) is 15.2 Å². The third-order valence-electron chi connectivity index (χ3n) is 2.69. The van der Waals surface area contributed by atoms with E-state index in [0.29, 0.717) is 6.42 Å². The fraction of sp³-hybridized carbons (Fsp3) is 0.500. The van der Waals surface area contributed by atoms with Crippen LogP contribution >= 0.6 is 0 Å². The van der Waals surface area contributed by atoms with Gasteiger partial charge >= 0.3 is 5.97 Å². The van der Waals surface area contributed by atoms with Gasteiger partial charge in [0.2, 0.25) is 0 Å². The van der Waals surface area contributed by atoms with Gasteiger partial charge in [-0.2, -0.15) is 0 Å². The maximum Gasteiger partial charge on any atom is 0.323 e. The topological polar surface area (TPSA) is 61.6 Å². The molecule has 0 aliphatic carbocycles. The Hall–Kier alpha value is -1.55. The van der Waals surface area contributed by atoms with Crippen molar-refractivity contribution in [2.24, 2.45) is 5.73 Å². The van der Waals surface area contributed by atoms with Crippen molar-refractivity contribution in [3.05, 3.63) is 29.8 Å². The van der Waals surface area contributed by atoms with Crippen molar-refractivity contribution in [3.63, 3.8) is 0 Å². The van der Waals surface area contributed by atoms with Crippen molar-refractivity contribution in [2.75, 3.05) is 7.11 Å². The summed E-state index contributed by atoms with van der Waals surface area (Å²) in [7, 11) is 1.60. The van der Waals surface area contributed by atoms with E-state index >= 15 is 0 Å². The van der Waals surface area contributed by atoms with Gasteiger partial charge in [-0.05, 0) is 24.1 Å². The van der Waals surface area contributed by atoms with Crippen molar-refractivity contribution in [3.8, 4) is 5.75 Å². The standard InChI is InChI=1S/C14H21NO3/c1-3-4-8-13(15)14(16)18-10-11-6-5-7-12(9-11)17-2/h5-7,9,13H,3-4,8,10,15H2,1-2H3. The largest absolute Gasteiger partial charge is 0.497 e. The molecule has 0 radical (unpaired) electrons. The van der Waals surface area contributed by atoms with Crippen LogP contribution in [0.25, 0.3) is 0 Å². The van der Waals surface area contributed by atoms with Crippen LogP contribution in [0.1, 0.15) is 31.7 Å². The second-order valence-corrected chi connectivity index (χ2v) is 4.21. The van der Waals surface area contributed by atoms with Crippen LogP contribution < -0.4 is 10.5 Å². The molecule has 2 N–H and O–H groups in total. The summed E-state index contributed by atoms with van der Waals surface area (Å²) < 4.78 is 10.3. The number of hydrogen-bond donors (Lipinski definition) is 1. The highest BCUT2D eigenvalue weighted by Crippen LogP contribution is 2.13. The number of ether oxygens (including phenoxy) is 2. The zero-order chi connectivity index (χ0) is 13.4. The first-order valence-electron chi connectivity index (χ1n) is 6.22. The summed E-state index contributed by atoms with van der Waals surface area (Å²) in [6, 6.07) is 6.91. The van der Waals surface area contributed by atoms with Crippen LogP contribution in [0.4, 0.5) is 0 Å². The molecule has 1 atom stereocenters. The van der Waals surface area contributed by atoms with Crippen molar-refractivity contribution in [1.29, 1.82) is 0 Å². The van der Waals surface area contributed by atoms with Crippen molar-refractivity contribution in [1.82, 2.24) is 0 Å². The molecule has 1 unspecified atom stereocenters. The van der Waals surface area contributed by atoms with Crippen LogP contribution in [0, 0.1) is 0 Å². The van der Waals surface area contributed by atoms with Gasteiger partial charge in [0.15, 0.2) is 0 Å². The Bertz CT molecular complexity index is 379. The number of nitrogens with two attached hydrogens (primary N) is 1. The molecule has 0 heterocycles. The van der Waals surface area contributed by atoms with E-state index in [2.05, 4.69) is 6.92 Å². The van der Waals surface area contributed by atoms with Crippen LogP contribution in [-0.4, -0.2) is 19.1 Å². The number of unbranched alkanes of at least 4 members (excludes halogenated alkanes) is 1. The number of carbonyl (C=O) groups is 1. The lowest BCUT2D eigenvalue weighted by atomic mass is 10.1. The average molecular weight is 251 g/mol. The molecule has 0 aromatic heterocycles. The molecule has 0 bridgehead atoms. The fourth-order valence-corrected chi connectivity index (χ4v) is 1.57. The molecule has 1 aromatic rings. The fourth-order valence-electron chi connectivity index (χ4n) is 1.57. The number of rotatable bonds is 7. The van der Waals surface area contributed by atoms with E-state index in [1.54, 1.807) is 7.11 Å². The second kappa shape index (κ2) is 7.71. The zero-order valence-electron chi connectivity index (χ0n) is 11.0. The Morgan fingerprint density at radius 1 is 1.44 bits per heavy atom. The molecule has 18 heavy (non-hydrogen) atoms. The first-order valence-corrected chi connectivity index (χ1v) is 6.22. The highest BCUT2D eigenvalue weighted by atomic mass is 16.5. The van der Waals surface area contributed by atoms with Crippen molar-refractivity contribution < 1.29 is 14.3 Å². The van der Waals surface area contributed by atoms with Crippen LogP contribution in [0.5, 0.6) is 5.75 Å². The first kappa shape index (κ1) is 14.5. The zero-order valence-corrected chi connectivity index (χ0v) is 11.0. The summed E-state index contributed by atoms with van der Waals surface area (Å²) in [6.45, 7) is 2.30. The molecule has 0 saturated heterocycles. The van der Waals surface area contributed by atoms with E-state index in [0.717, 1.165) is 24.2 Å². The average Bonchev–Trinajstić information content (AvgIpc) is 2.42. The number of carbonyl (C=O) groups excluding carboxylic acids is 1. The number of methoxy groups -OCH3 is 1. The third kappa shape index (κ3) is 4.75. The quantitative estimate of drug-likeness (QED) is 0.755. The van der Waals surface area contributed by atoms with E-state index in [9.17, 15) is 4.79 Å².